The van der Waals surface area contributed by atoms with Gasteiger partial charge in [-0.2, -0.15) is 9.03 Å². The number of aryl methyl sites for hydroxylation is 2. The van der Waals surface area contributed by atoms with Crippen LogP contribution in [0.25, 0.3) is 0 Å². The van der Waals surface area contributed by atoms with Gasteiger partial charge in [0.05, 0.1) is 22.9 Å². The molecule has 0 spiro atoms. The Balaban J connectivity index is 1.62. The highest BCUT2D eigenvalue weighted by atomic mass is 32.2. The number of ether oxygens (including phenoxy) is 1. The maximum absolute atomic E-state index is 13.0. The number of benzene rings is 2. The molecule has 11 heteroatoms. The lowest BCUT2D eigenvalue weighted by Gasteiger charge is -2.35. The van der Waals surface area contributed by atoms with Gasteiger partial charge >= 0.3 is 0 Å². The minimum atomic E-state index is -3.91. The number of methoxy groups -OCH3 is 1. The average Bonchev–Trinajstić information content (AvgIpc) is 2.80. The van der Waals surface area contributed by atoms with Crippen LogP contribution in [0, 0.1) is 13.8 Å². The molecule has 1 atom stereocenters. The van der Waals surface area contributed by atoms with Crippen molar-refractivity contribution in [1.29, 1.82) is 0 Å². The monoisotopic (exact) mass is 495 g/mol. The second kappa shape index (κ2) is 9.80. The number of nitrogens with one attached hydrogen (secondary N) is 1. The van der Waals surface area contributed by atoms with Crippen LogP contribution < -0.4 is 9.46 Å². The van der Waals surface area contributed by atoms with Crippen LogP contribution in [0.15, 0.2) is 52.3 Å². The molecule has 0 unspecified atom stereocenters. The Labute approximate surface area is 195 Å². The summed E-state index contributed by atoms with van der Waals surface area (Å²) in [5, 5.41) is 0. The van der Waals surface area contributed by atoms with Crippen molar-refractivity contribution in [3.05, 3.63) is 53.6 Å². The van der Waals surface area contributed by atoms with Crippen molar-refractivity contribution in [2.24, 2.45) is 0 Å². The second-order valence-electron chi connectivity index (χ2n) is 7.99. The highest BCUT2D eigenvalue weighted by Crippen LogP contribution is 2.21. The number of carbonyl (C=O) groups is 1. The number of sulfonamides is 2. The summed E-state index contributed by atoms with van der Waals surface area (Å²) in [6.45, 7) is 5.88. The van der Waals surface area contributed by atoms with Crippen molar-refractivity contribution in [2.45, 2.75) is 36.6 Å². The first-order valence-electron chi connectivity index (χ1n) is 10.5. The zero-order valence-corrected chi connectivity index (χ0v) is 20.7. The van der Waals surface area contributed by atoms with Crippen molar-refractivity contribution < 1.29 is 26.4 Å². The van der Waals surface area contributed by atoms with Gasteiger partial charge in [-0.25, -0.2) is 16.8 Å². The number of rotatable bonds is 7. The van der Waals surface area contributed by atoms with Crippen LogP contribution in [-0.4, -0.2) is 71.3 Å². The summed E-state index contributed by atoms with van der Waals surface area (Å²) >= 11 is 0. The molecule has 3 rings (SSSR count). The molecule has 1 aliphatic heterocycles. The molecule has 2 aromatic carbocycles. The maximum atomic E-state index is 13.0. The van der Waals surface area contributed by atoms with Crippen LogP contribution >= 0.6 is 0 Å². The summed E-state index contributed by atoms with van der Waals surface area (Å²) in [5.41, 5.74) is 1.90. The van der Waals surface area contributed by atoms with Gasteiger partial charge in [-0.15, -0.1) is 0 Å². The van der Waals surface area contributed by atoms with Gasteiger partial charge in [0.2, 0.25) is 26.0 Å². The van der Waals surface area contributed by atoms with Crippen molar-refractivity contribution in [3.63, 3.8) is 0 Å². The largest absolute Gasteiger partial charge is 0.497 e. The van der Waals surface area contributed by atoms with E-state index in [0.717, 1.165) is 11.1 Å². The molecule has 1 fully saturated rings. The van der Waals surface area contributed by atoms with E-state index < -0.39 is 32.0 Å². The first-order chi connectivity index (χ1) is 15.5. The lowest BCUT2D eigenvalue weighted by atomic mass is 10.1. The minimum absolute atomic E-state index is 0.0206. The standard InChI is InChI=1S/C22H29N3O6S2/c1-16-5-8-21(15-17(16)2)33(29,30)25-13-11-24(12-14-25)22(26)18(3)23-32(27,28)20-9-6-19(31-4)7-10-20/h5-10,15,18,23H,11-14H2,1-4H3/t18-/m0/s1. The fourth-order valence-electron chi connectivity index (χ4n) is 3.55. The molecule has 2 aromatic rings. The van der Waals surface area contributed by atoms with Crippen molar-refractivity contribution in [1.82, 2.24) is 13.9 Å². The van der Waals surface area contributed by atoms with E-state index in [1.807, 2.05) is 13.8 Å². The molecule has 33 heavy (non-hydrogen) atoms. The van der Waals surface area contributed by atoms with Gasteiger partial charge in [0, 0.05) is 26.2 Å². The Morgan fingerprint density at radius 2 is 1.48 bits per heavy atom. The molecule has 1 aliphatic rings. The molecular weight excluding hydrogens is 466 g/mol. The fourth-order valence-corrected chi connectivity index (χ4v) is 6.26. The summed E-state index contributed by atoms with van der Waals surface area (Å²) in [7, 11) is -6.09. The minimum Gasteiger partial charge on any atom is -0.497 e. The number of carbonyl (C=O) groups excluding carboxylic acids is 1. The van der Waals surface area contributed by atoms with Gasteiger partial charge in [-0.1, -0.05) is 6.07 Å². The predicted octanol–water partition coefficient (Wildman–Crippen LogP) is 1.51. The molecule has 0 bridgehead atoms. The van der Waals surface area contributed by atoms with Gasteiger partial charge in [0.25, 0.3) is 0 Å². The summed E-state index contributed by atoms with van der Waals surface area (Å²) in [6, 6.07) is 9.86. The topological polar surface area (TPSA) is 113 Å². The number of amides is 1. The van der Waals surface area contributed by atoms with E-state index in [9.17, 15) is 21.6 Å². The molecule has 1 heterocycles. The van der Waals surface area contributed by atoms with Crippen LogP contribution in [0.4, 0.5) is 0 Å². The van der Waals surface area contributed by atoms with E-state index in [4.69, 9.17) is 4.74 Å². The van der Waals surface area contributed by atoms with Crippen molar-refractivity contribution in [3.8, 4) is 5.75 Å². The van der Waals surface area contributed by atoms with E-state index in [1.165, 1.54) is 47.5 Å². The number of hydrogen-bond acceptors (Lipinski definition) is 6. The highest BCUT2D eigenvalue weighted by molar-refractivity contribution is 7.89. The highest BCUT2D eigenvalue weighted by Gasteiger charge is 2.32. The second-order valence-corrected chi connectivity index (χ2v) is 11.6. The normalized spacial score (nSPS) is 16.4. The molecular formula is C22H29N3O6S2. The van der Waals surface area contributed by atoms with E-state index in [1.54, 1.807) is 18.2 Å². The van der Waals surface area contributed by atoms with Crippen LogP contribution in [-0.2, 0) is 24.8 Å². The Morgan fingerprint density at radius 3 is 2.03 bits per heavy atom. The smallest absolute Gasteiger partial charge is 0.243 e. The number of piperazine rings is 1. The van der Waals surface area contributed by atoms with Crippen molar-refractivity contribution >= 4 is 26.0 Å². The Kier molecular flexibility index (Phi) is 7.47. The summed E-state index contributed by atoms with van der Waals surface area (Å²) in [5.74, 6) is 0.113. The molecule has 180 valence electrons. The molecule has 0 radical (unpaired) electrons. The molecule has 0 aromatic heterocycles. The zero-order chi connectivity index (χ0) is 24.4. The number of nitrogens with zero attached hydrogens (tertiary/aromatic N) is 2. The lowest BCUT2D eigenvalue weighted by Crippen LogP contribution is -2.55. The molecule has 9 nitrogen and oxygen atoms in total. The van der Waals surface area contributed by atoms with E-state index in [0.29, 0.717) is 5.75 Å². The quantitative estimate of drug-likeness (QED) is 0.623. The Hall–Kier alpha value is -2.47. The van der Waals surface area contributed by atoms with Gasteiger partial charge in [0.15, 0.2) is 0 Å². The molecule has 0 aliphatic carbocycles. The van der Waals surface area contributed by atoms with Crippen molar-refractivity contribution in [2.75, 3.05) is 33.3 Å². The third kappa shape index (κ3) is 5.55. The SMILES string of the molecule is COc1ccc(S(=O)(=O)N[C@@H](C)C(=O)N2CCN(S(=O)(=O)c3ccc(C)c(C)c3)CC2)cc1. The van der Waals surface area contributed by atoms with Gasteiger partial charge in [-0.3, -0.25) is 4.79 Å². The molecule has 1 N–H and O–H groups in total. The summed E-state index contributed by atoms with van der Waals surface area (Å²) in [4.78, 5) is 14.6. The first kappa shape index (κ1) is 25.2. The van der Waals surface area contributed by atoms with E-state index in [-0.39, 0.29) is 36.0 Å². The summed E-state index contributed by atoms with van der Waals surface area (Å²) in [6.07, 6.45) is 0. The van der Waals surface area contributed by atoms with E-state index in [2.05, 4.69) is 4.72 Å². The van der Waals surface area contributed by atoms with Crippen LogP contribution in [0.2, 0.25) is 0 Å². The Bertz CT molecular complexity index is 1220. The molecule has 1 saturated heterocycles. The molecule has 1 amide bonds. The maximum Gasteiger partial charge on any atom is 0.243 e. The molecule has 0 saturated carbocycles. The van der Waals surface area contributed by atoms with E-state index >= 15 is 0 Å². The van der Waals surface area contributed by atoms with Gasteiger partial charge in [0.1, 0.15) is 5.75 Å². The summed E-state index contributed by atoms with van der Waals surface area (Å²) < 4.78 is 59.9. The first-order valence-corrected chi connectivity index (χ1v) is 13.4. The third-order valence-corrected chi connectivity index (χ3v) is 9.19. The van der Waals surface area contributed by atoms with Crippen LogP contribution in [0.3, 0.4) is 0 Å². The average molecular weight is 496 g/mol. The van der Waals surface area contributed by atoms with Gasteiger partial charge in [-0.05, 0) is 68.3 Å². The van der Waals surface area contributed by atoms with Crippen LogP contribution in [0.1, 0.15) is 18.1 Å². The predicted molar refractivity (Wildman–Crippen MR) is 124 cm³/mol. The van der Waals surface area contributed by atoms with Crippen LogP contribution in [0.5, 0.6) is 5.75 Å². The Morgan fingerprint density at radius 1 is 0.909 bits per heavy atom. The lowest BCUT2D eigenvalue weighted by molar-refractivity contribution is -0.133. The number of hydrogen-bond donors (Lipinski definition) is 1. The van der Waals surface area contributed by atoms with Gasteiger partial charge < -0.3 is 9.64 Å². The fraction of sp³-hybridized carbons (Fsp3) is 0.409. The third-order valence-electron chi connectivity index (χ3n) is 5.74. The zero-order valence-electron chi connectivity index (χ0n) is 19.1.